The zero-order valence-electron chi connectivity index (χ0n) is 18.6. The number of benzene rings is 2. The van der Waals surface area contributed by atoms with Crippen LogP contribution < -0.4 is 14.8 Å². The van der Waals surface area contributed by atoms with E-state index in [0.29, 0.717) is 35.7 Å². The van der Waals surface area contributed by atoms with Crippen LogP contribution in [0.25, 0.3) is 17.3 Å². The summed E-state index contributed by atoms with van der Waals surface area (Å²) >= 11 is 1.32. The van der Waals surface area contributed by atoms with Crippen molar-refractivity contribution >= 4 is 17.7 Å². The molecule has 2 aromatic heterocycles. The Labute approximate surface area is 201 Å². The van der Waals surface area contributed by atoms with Gasteiger partial charge < -0.3 is 19.2 Å². The van der Waals surface area contributed by atoms with E-state index in [0.717, 1.165) is 23.4 Å². The lowest BCUT2D eigenvalue weighted by atomic mass is 10.1. The molecule has 1 atom stereocenters. The average Bonchev–Trinajstić information content (AvgIpc) is 3.48. The molecule has 0 radical (unpaired) electrons. The minimum atomic E-state index is -0.184. The highest BCUT2D eigenvalue weighted by Gasteiger charge is 2.20. The summed E-state index contributed by atoms with van der Waals surface area (Å²) in [6.07, 6.45) is 2.45. The van der Waals surface area contributed by atoms with Gasteiger partial charge in [0.1, 0.15) is 0 Å². The molecule has 0 unspecified atom stereocenters. The minimum absolute atomic E-state index is 0.105. The largest absolute Gasteiger partial charge is 0.490 e. The summed E-state index contributed by atoms with van der Waals surface area (Å²) in [4.78, 5) is 12.8. The molecule has 2 aromatic carbocycles. The molecule has 0 fully saturated rings. The van der Waals surface area contributed by atoms with Gasteiger partial charge in [0.25, 0.3) is 0 Å². The van der Waals surface area contributed by atoms with E-state index < -0.39 is 0 Å². The van der Waals surface area contributed by atoms with Gasteiger partial charge in [0.05, 0.1) is 31.3 Å². The van der Waals surface area contributed by atoms with Crippen LogP contribution in [0.5, 0.6) is 11.5 Å². The number of nitrogens with zero attached hydrogens (tertiary/aromatic N) is 3. The Morgan fingerprint density at radius 3 is 2.68 bits per heavy atom. The maximum atomic E-state index is 12.8. The standard InChI is InChI=1S/C25H24N4O4S/c1-17(18-10-11-20-22(15-18)33-14-6-13-31-20)26-23(30)16-34-25-28-27-24(21-9-5-12-32-21)29(25)19-7-3-2-4-8-19/h2-5,7-12,15,17H,6,13-14,16H2,1H3,(H,26,30)/t17-/m0/s1. The molecule has 8 nitrogen and oxygen atoms in total. The average molecular weight is 477 g/mol. The second-order valence-electron chi connectivity index (χ2n) is 7.79. The van der Waals surface area contributed by atoms with Gasteiger partial charge in [0.15, 0.2) is 22.4 Å². The van der Waals surface area contributed by atoms with Crippen LogP contribution in [-0.2, 0) is 4.79 Å². The number of hydrogen-bond donors (Lipinski definition) is 1. The van der Waals surface area contributed by atoms with Gasteiger partial charge in [-0.2, -0.15) is 0 Å². The molecule has 0 spiro atoms. The number of nitrogens with one attached hydrogen (secondary N) is 1. The number of carbonyl (C=O) groups excluding carboxylic acids is 1. The van der Waals surface area contributed by atoms with Gasteiger partial charge in [-0.3, -0.25) is 9.36 Å². The van der Waals surface area contributed by atoms with Gasteiger partial charge in [-0.1, -0.05) is 36.0 Å². The van der Waals surface area contributed by atoms with Gasteiger partial charge >= 0.3 is 0 Å². The summed E-state index contributed by atoms with van der Waals surface area (Å²) in [5.74, 6) is 2.73. The molecule has 174 valence electrons. The number of para-hydroxylation sites is 1. The van der Waals surface area contributed by atoms with Gasteiger partial charge in [0.2, 0.25) is 11.7 Å². The fourth-order valence-electron chi connectivity index (χ4n) is 3.68. The number of aromatic nitrogens is 3. The molecule has 9 heteroatoms. The van der Waals surface area contributed by atoms with Crippen molar-refractivity contribution in [2.45, 2.75) is 24.5 Å². The minimum Gasteiger partial charge on any atom is -0.490 e. The second-order valence-corrected chi connectivity index (χ2v) is 8.73. The molecule has 0 saturated carbocycles. The molecule has 1 amide bonds. The maximum Gasteiger partial charge on any atom is 0.230 e. The first-order valence-electron chi connectivity index (χ1n) is 11.1. The van der Waals surface area contributed by atoms with Crippen LogP contribution in [0.1, 0.15) is 24.9 Å². The van der Waals surface area contributed by atoms with Crippen LogP contribution in [0.15, 0.2) is 76.5 Å². The van der Waals surface area contributed by atoms with Crippen molar-refractivity contribution in [2.75, 3.05) is 19.0 Å². The second kappa shape index (κ2) is 10.0. The van der Waals surface area contributed by atoms with E-state index in [4.69, 9.17) is 13.9 Å². The van der Waals surface area contributed by atoms with Crippen molar-refractivity contribution in [1.82, 2.24) is 20.1 Å². The van der Waals surface area contributed by atoms with Crippen molar-refractivity contribution < 1.29 is 18.7 Å². The number of hydrogen-bond acceptors (Lipinski definition) is 7. The third kappa shape index (κ3) is 4.79. The Bertz CT molecular complexity index is 1260. The monoisotopic (exact) mass is 476 g/mol. The highest BCUT2D eigenvalue weighted by atomic mass is 32.2. The van der Waals surface area contributed by atoms with Crippen molar-refractivity contribution in [2.24, 2.45) is 0 Å². The van der Waals surface area contributed by atoms with E-state index in [2.05, 4.69) is 15.5 Å². The fraction of sp³-hybridized carbons (Fsp3) is 0.240. The Morgan fingerprint density at radius 1 is 1.06 bits per heavy atom. The number of ether oxygens (including phenoxy) is 2. The summed E-state index contributed by atoms with van der Waals surface area (Å²) < 4.78 is 18.9. The van der Waals surface area contributed by atoms with E-state index in [1.807, 2.05) is 66.1 Å². The molecule has 1 N–H and O–H groups in total. The lowest BCUT2D eigenvalue weighted by Gasteiger charge is -2.16. The van der Waals surface area contributed by atoms with E-state index in [1.54, 1.807) is 12.3 Å². The third-order valence-corrected chi connectivity index (χ3v) is 6.30. The number of fused-ring (bicyclic) bond motifs is 1. The predicted molar refractivity (Wildman–Crippen MR) is 128 cm³/mol. The van der Waals surface area contributed by atoms with E-state index in [-0.39, 0.29) is 17.7 Å². The number of rotatable bonds is 7. The first-order valence-corrected chi connectivity index (χ1v) is 12.0. The zero-order chi connectivity index (χ0) is 23.3. The summed E-state index contributed by atoms with van der Waals surface area (Å²) in [5, 5.41) is 12.3. The van der Waals surface area contributed by atoms with Crippen molar-refractivity contribution in [3.63, 3.8) is 0 Å². The SMILES string of the molecule is C[C@H](NC(=O)CSc1nnc(-c2ccco2)n1-c1ccccc1)c1ccc2c(c1)OCCCO2. The summed E-state index contributed by atoms with van der Waals surface area (Å²) in [6.45, 7) is 3.21. The number of carbonyl (C=O) groups is 1. The van der Waals surface area contributed by atoms with Crippen LogP contribution in [0.4, 0.5) is 0 Å². The Morgan fingerprint density at radius 2 is 1.88 bits per heavy atom. The topological polar surface area (TPSA) is 91.4 Å². The number of thioether (sulfide) groups is 1. The lowest BCUT2D eigenvalue weighted by molar-refractivity contribution is -0.119. The summed E-state index contributed by atoms with van der Waals surface area (Å²) in [7, 11) is 0. The van der Waals surface area contributed by atoms with Crippen molar-refractivity contribution in [3.05, 3.63) is 72.5 Å². The van der Waals surface area contributed by atoms with Crippen LogP contribution in [0, 0.1) is 0 Å². The highest BCUT2D eigenvalue weighted by molar-refractivity contribution is 7.99. The van der Waals surface area contributed by atoms with Gasteiger partial charge in [-0.05, 0) is 48.9 Å². The van der Waals surface area contributed by atoms with E-state index in [1.165, 1.54) is 11.8 Å². The maximum absolute atomic E-state index is 12.8. The fourth-order valence-corrected chi connectivity index (χ4v) is 4.45. The lowest BCUT2D eigenvalue weighted by Crippen LogP contribution is -2.28. The van der Waals surface area contributed by atoms with Crippen molar-refractivity contribution in [3.8, 4) is 28.8 Å². The normalized spacial score (nSPS) is 13.8. The Balaban J connectivity index is 1.28. The van der Waals surface area contributed by atoms with Gasteiger partial charge in [-0.25, -0.2) is 0 Å². The molecular weight excluding hydrogens is 452 g/mol. The summed E-state index contributed by atoms with van der Waals surface area (Å²) in [5.41, 5.74) is 1.84. The van der Waals surface area contributed by atoms with Gasteiger partial charge in [-0.15, -0.1) is 10.2 Å². The van der Waals surface area contributed by atoms with Crippen molar-refractivity contribution in [1.29, 1.82) is 0 Å². The van der Waals surface area contributed by atoms with Crippen LogP contribution in [0.2, 0.25) is 0 Å². The Kier molecular flexibility index (Phi) is 6.53. The first kappa shape index (κ1) is 22.1. The quantitative estimate of drug-likeness (QED) is 0.388. The highest BCUT2D eigenvalue weighted by Crippen LogP contribution is 2.32. The van der Waals surface area contributed by atoms with Crippen LogP contribution >= 0.6 is 11.8 Å². The molecule has 1 aliphatic heterocycles. The molecule has 34 heavy (non-hydrogen) atoms. The Hall–Kier alpha value is -3.72. The van der Waals surface area contributed by atoms with Crippen LogP contribution in [-0.4, -0.2) is 39.6 Å². The molecule has 0 aliphatic carbocycles. The molecular formula is C25H24N4O4S. The molecule has 4 aromatic rings. The molecule has 3 heterocycles. The predicted octanol–water partition coefficient (Wildman–Crippen LogP) is 4.66. The van der Waals surface area contributed by atoms with E-state index >= 15 is 0 Å². The summed E-state index contributed by atoms with van der Waals surface area (Å²) in [6, 6.07) is 19.0. The smallest absolute Gasteiger partial charge is 0.230 e. The molecule has 5 rings (SSSR count). The van der Waals surface area contributed by atoms with E-state index in [9.17, 15) is 4.79 Å². The third-order valence-electron chi connectivity index (χ3n) is 5.37. The molecule has 0 bridgehead atoms. The number of furan rings is 1. The number of amides is 1. The zero-order valence-corrected chi connectivity index (χ0v) is 19.5. The first-order chi connectivity index (χ1) is 16.7. The van der Waals surface area contributed by atoms with Crippen LogP contribution in [0.3, 0.4) is 0 Å². The molecule has 1 aliphatic rings. The van der Waals surface area contributed by atoms with Gasteiger partial charge in [0, 0.05) is 12.1 Å². The molecule has 0 saturated heterocycles.